The number of H-pyrrole nitrogens is 2. The third-order valence-electron chi connectivity index (χ3n) is 3.78. The highest BCUT2D eigenvalue weighted by molar-refractivity contribution is 5.28. The van der Waals surface area contributed by atoms with Crippen LogP contribution < -0.4 is 11.1 Å². The maximum Gasteiger partial charge on any atom is 0.290 e. The van der Waals surface area contributed by atoms with E-state index >= 15 is 0 Å². The highest BCUT2D eigenvalue weighted by Gasteiger charge is 2.11. The van der Waals surface area contributed by atoms with Crippen LogP contribution in [0.2, 0.25) is 0 Å². The van der Waals surface area contributed by atoms with Crippen LogP contribution in [0.5, 0.6) is 11.5 Å². The number of aromatic hydroxyl groups is 2. The highest BCUT2D eigenvalue weighted by Crippen LogP contribution is 2.13. The summed E-state index contributed by atoms with van der Waals surface area (Å²) in [5.41, 5.74) is 0.137. The predicted molar refractivity (Wildman–Crippen MR) is 90.1 cm³/mol. The smallest absolute Gasteiger partial charge is 0.290 e. The molecule has 0 bridgehead atoms. The molecule has 2 rings (SSSR count). The Morgan fingerprint density at radius 3 is 1.58 bits per heavy atom. The molecule has 0 unspecified atom stereocenters. The first-order valence-corrected chi connectivity index (χ1v) is 7.54. The summed E-state index contributed by atoms with van der Waals surface area (Å²) in [6, 6.07) is 3.34. The molecule has 0 saturated heterocycles. The lowest BCUT2D eigenvalue weighted by Gasteiger charge is -2.22. The van der Waals surface area contributed by atoms with Gasteiger partial charge in [-0.2, -0.15) is 0 Å². The fourth-order valence-corrected chi connectivity index (χ4v) is 2.36. The van der Waals surface area contributed by atoms with Crippen molar-refractivity contribution < 1.29 is 10.2 Å². The molecule has 8 heteroatoms. The summed E-state index contributed by atoms with van der Waals surface area (Å²) < 4.78 is 0. The van der Waals surface area contributed by atoms with Crippen LogP contribution in [0.1, 0.15) is 11.1 Å². The zero-order valence-electron chi connectivity index (χ0n) is 13.7. The Labute approximate surface area is 139 Å². The second-order valence-corrected chi connectivity index (χ2v) is 5.84. The van der Waals surface area contributed by atoms with Crippen LogP contribution in [0, 0.1) is 0 Å². The normalized spacial score (nSPS) is 11.3. The van der Waals surface area contributed by atoms with E-state index in [-0.39, 0.29) is 11.5 Å². The van der Waals surface area contributed by atoms with Crippen LogP contribution in [0.15, 0.2) is 34.1 Å². The Balaban J connectivity index is 1.88. The molecule has 8 nitrogen and oxygen atoms in total. The monoisotopic (exact) mass is 334 g/mol. The molecule has 130 valence electrons. The van der Waals surface area contributed by atoms with Crippen LogP contribution in [-0.2, 0) is 13.1 Å². The molecule has 0 atom stereocenters. The molecule has 0 spiro atoms. The van der Waals surface area contributed by atoms with Crippen LogP contribution >= 0.6 is 0 Å². The van der Waals surface area contributed by atoms with Gasteiger partial charge in [-0.05, 0) is 26.2 Å². The molecule has 0 saturated carbocycles. The minimum absolute atomic E-state index is 0.258. The molecule has 2 aromatic rings. The van der Waals surface area contributed by atoms with Gasteiger partial charge in [-0.15, -0.1) is 0 Å². The average Bonchev–Trinajstić information content (AvgIpc) is 2.54. The Hall–Kier alpha value is -2.58. The summed E-state index contributed by atoms with van der Waals surface area (Å²) in [6.07, 6.45) is 3.01. The van der Waals surface area contributed by atoms with E-state index in [0.29, 0.717) is 37.3 Å². The van der Waals surface area contributed by atoms with Crippen molar-refractivity contribution in [3.05, 3.63) is 56.4 Å². The summed E-state index contributed by atoms with van der Waals surface area (Å²) in [4.78, 5) is 31.5. The largest absolute Gasteiger partial charge is 0.503 e. The zero-order valence-corrected chi connectivity index (χ0v) is 13.7. The molecular formula is C16H22N4O4. The molecule has 0 aliphatic carbocycles. The number of aromatic amines is 2. The van der Waals surface area contributed by atoms with E-state index in [9.17, 15) is 19.8 Å². The molecule has 4 N–H and O–H groups in total. The third-order valence-corrected chi connectivity index (χ3v) is 3.78. The molecule has 0 aliphatic heterocycles. The first-order chi connectivity index (χ1) is 11.4. The summed E-state index contributed by atoms with van der Waals surface area (Å²) in [5.74, 6) is -0.516. The topological polar surface area (TPSA) is 113 Å². The fraction of sp³-hybridized carbons (Fsp3) is 0.375. The van der Waals surface area contributed by atoms with Gasteiger partial charge < -0.3 is 30.0 Å². The van der Waals surface area contributed by atoms with Crippen molar-refractivity contribution in [2.24, 2.45) is 0 Å². The second kappa shape index (κ2) is 7.80. The molecule has 0 radical (unpaired) electrons. The number of nitrogens with zero attached hydrogens (tertiary/aromatic N) is 2. The predicted octanol–water partition coefficient (Wildman–Crippen LogP) is 0.0382. The van der Waals surface area contributed by atoms with E-state index in [4.69, 9.17) is 0 Å². The van der Waals surface area contributed by atoms with Crippen LogP contribution in [0.4, 0.5) is 0 Å². The molecule has 0 amide bonds. The van der Waals surface area contributed by atoms with Crippen LogP contribution in [0.3, 0.4) is 0 Å². The number of aromatic nitrogens is 2. The molecular weight excluding hydrogens is 312 g/mol. The summed E-state index contributed by atoms with van der Waals surface area (Å²) in [6.45, 7) is 2.26. The van der Waals surface area contributed by atoms with Gasteiger partial charge in [-0.3, -0.25) is 9.59 Å². The van der Waals surface area contributed by atoms with Crippen molar-refractivity contribution in [2.75, 3.05) is 27.2 Å². The minimum Gasteiger partial charge on any atom is -0.503 e. The maximum absolute atomic E-state index is 11.4. The highest BCUT2D eigenvalue weighted by atomic mass is 16.3. The van der Waals surface area contributed by atoms with Gasteiger partial charge in [0.25, 0.3) is 11.1 Å². The van der Waals surface area contributed by atoms with Crippen molar-refractivity contribution in [3.8, 4) is 11.5 Å². The van der Waals surface area contributed by atoms with Gasteiger partial charge in [0.05, 0.1) is 0 Å². The van der Waals surface area contributed by atoms with Gasteiger partial charge in [-0.25, -0.2) is 0 Å². The maximum atomic E-state index is 11.4. The van der Waals surface area contributed by atoms with Gasteiger partial charge in [0.1, 0.15) is 0 Å². The van der Waals surface area contributed by atoms with Crippen molar-refractivity contribution in [1.82, 2.24) is 19.8 Å². The number of likely N-dealkylation sites (N-methyl/N-ethyl adjacent to an activating group) is 2. The molecule has 2 aromatic heterocycles. The summed E-state index contributed by atoms with van der Waals surface area (Å²) in [7, 11) is 3.78. The molecule has 2 heterocycles. The van der Waals surface area contributed by atoms with E-state index in [2.05, 4.69) is 9.97 Å². The van der Waals surface area contributed by atoms with E-state index in [1.54, 1.807) is 12.1 Å². The van der Waals surface area contributed by atoms with Crippen molar-refractivity contribution in [2.45, 2.75) is 13.1 Å². The molecule has 0 aliphatic rings. The summed E-state index contributed by atoms with van der Waals surface area (Å²) >= 11 is 0. The number of nitrogens with one attached hydrogen (secondary N) is 2. The first kappa shape index (κ1) is 17.8. The summed E-state index contributed by atoms with van der Waals surface area (Å²) in [5, 5.41) is 19.5. The number of rotatable bonds is 7. The van der Waals surface area contributed by atoms with E-state index < -0.39 is 11.1 Å². The van der Waals surface area contributed by atoms with Crippen LogP contribution in [-0.4, -0.2) is 57.2 Å². The first-order valence-electron chi connectivity index (χ1n) is 7.54. The van der Waals surface area contributed by atoms with Crippen molar-refractivity contribution in [3.63, 3.8) is 0 Å². The number of hydrogen-bond acceptors (Lipinski definition) is 6. The third kappa shape index (κ3) is 4.46. The lowest BCUT2D eigenvalue weighted by molar-refractivity contribution is 0.243. The van der Waals surface area contributed by atoms with Gasteiger partial charge >= 0.3 is 0 Å². The van der Waals surface area contributed by atoms with Gasteiger partial charge in [-0.1, -0.05) is 0 Å². The Bertz CT molecular complexity index is 732. The molecule has 24 heavy (non-hydrogen) atoms. The standard InChI is InChI=1S/C16H22N4O4/c1-19(9-11-3-5-17-15(23)13(11)21)7-8-20(2)10-12-4-6-18-16(24)14(12)22/h3-6,21-22H,7-10H2,1-2H3,(H,17,23)(H,18,24). The fourth-order valence-electron chi connectivity index (χ4n) is 2.36. The zero-order chi connectivity index (χ0) is 17.7. The minimum atomic E-state index is -0.497. The molecule has 0 aromatic carbocycles. The van der Waals surface area contributed by atoms with Gasteiger partial charge in [0, 0.05) is 49.7 Å². The number of pyridine rings is 2. The van der Waals surface area contributed by atoms with Crippen molar-refractivity contribution >= 4 is 0 Å². The Morgan fingerprint density at radius 2 is 1.21 bits per heavy atom. The molecule has 0 fully saturated rings. The van der Waals surface area contributed by atoms with Gasteiger partial charge in [0.15, 0.2) is 11.5 Å². The SMILES string of the molecule is CN(CCN(C)Cc1cc[nH]c(=O)c1O)Cc1cc[nH]c(=O)c1O. The quantitative estimate of drug-likeness (QED) is 0.569. The van der Waals surface area contributed by atoms with Gasteiger partial charge in [0.2, 0.25) is 0 Å². The lowest BCUT2D eigenvalue weighted by atomic mass is 10.2. The van der Waals surface area contributed by atoms with E-state index in [1.165, 1.54) is 12.4 Å². The number of hydrogen-bond donors (Lipinski definition) is 4. The van der Waals surface area contributed by atoms with E-state index in [0.717, 1.165) is 0 Å². The Morgan fingerprint density at radius 1 is 0.833 bits per heavy atom. The van der Waals surface area contributed by atoms with Crippen LogP contribution in [0.25, 0.3) is 0 Å². The lowest BCUT2D eigenvalue weighted by Crippen LogP contribution is -2.30. The van der Waals surface area contributed by atoms with E-state index in [1.807, 2.05) is 23.9 Å². The Kier molecular flexibility index (Phi) is 5.78. The second-order valence-electron chi connectivity index (χ2n) is 5.84. The van der Waals surface area contributed by atoms with Crippen molar-refractivity contribution in [1.29, 1.82) is 0 Å². The average molecular weight is 334 g/mol.